The van der Waals surface area contributed by atoms with Crippen molar-refractivity contribution in [1.29, 1.82) is 0 Å². The molecule has 2 nitrogen and oxygen atoms in total. The number of rotatable bonds is 6. The second-order valence-electron chi connectivity index (χ2n) is 7.29. The summed E-state index contributed by atoms with van der Waals surface area (Å²) < 4.78 is 0. The molecule has 0 bridgehead atoms. The van der Waals surface area contributed by atoms with Crippen molar-refractivity contribution in [3.63, 3.8) is 0 Å². The van der Waals surface area contributed by atoms with Gasteiger partial charge in [-0.25, -0.2) is 0 Å². The average molecular weight is 286 g/mol. The fourth-order valence-corrected chi connectivity index (χ4v) is 4.05. The highest BCUT2D eigenvalue weighted by Gasteiger charge is 2.33. The summed E-state index contributed by atoms with van der Waals surface area (Å²) in [6.07, 6.45) is 5.50. The standard InChI is InChI=1S/C19H30N2/c1-16(15-21-10-6-7-11-21)14-20(2)19-12-18(13-19)17-8-4-3-5-9-17/h3-5,8-9,16,18-19H,6-7,10-15H2,1-2H3/t16-,18?,19?/m0/s1. The SMILES string of the molecule is C[C@H](CN1CCCC1)CN(C)C1CC(c2ccccc2)C1. The molecule has 3 rings (SSSR count). The van der Waals surface area contributed by atoms with Gasteiger partial charge in [0.15, 0.2) is 0 Å². The summed E-state index contributed by atoms with van der Waals surface area (Å²) >= 11 is 0. The molecule has 1 saturated heterocycles. The molecule has 0 amide bonds. The zero-order valence-corrected chi connectivity index (χ0v) is 13.7. The van der Waals surface area contributed by atoms with Crippen LogP contribution >= 0.6 is 0 Å². The molecule has 0 unspecified atom stereocenters. The van der Waals surface area contributed by atoms with Crippen LogP contribution in [0.25, 0.3) is 0 Å². The molecule has 1 aromatic carbocycles. The first-order valence-electron chi connectivity index (χ1n) is 8.70. The van der Waals surface area contributed by atoms with Crippen molar-refractivity contribution in [3.05, 3.63) is 35.9 Å². The Morgan fingerprint density at radius 3 is 2.48 bits per heavy atom. The van der Waals surface area contributed by atoms with Gasteiger partial charge in [-0.3, -0.25) is 0 Å². The Hall–Kier alpha value is -0.860. The van der Waals surface area contributed by atoms with Gasteiger partial charge < -0.3 is 9.80 Å². The Balaban J connectivity index is 1.39. The molecule has 1 aliphatic carbocycles. The van der Waals surface area contributed by atoms with Crippen molar-refractivity contribution in [2.24, 2.45) is 5.92 Å². The molecule has 116 valence electrons. The molecule has 2 aliphatic rings. The summed E-state index contributed by atoms with van der Waals surface area (Å²) in [4.78, 5) is 5.26. The minimum absolute atomic E-state index is 0.795. The number of likely N-dealkylation sites (tertiary alicyclic amines) is 1. The van der Waals surface area contributed by atoms with Gasteiger partial charge in [-0.15, -0.1) is 0 Å². The number of benzene rings is 1. The fraction of sp³-hybridized carbons (Fsp3) is 0.684. The number of hydrogen-bond acceptors (Lipinski definition) is 2. The van der Waals surface area contributed by atoms with E-state index in [-0.39, 0.29) is 0 Å². The van der Waals surface area contributed by atoms with Gasteiger partial charge >= 0.3 is 0 Å². The Labute approximate surface area is 130 Å². The lowest BCUT2D eigenvalue weighted by Crippen LogP contribution is -2.44. The average Bonchev–Trinajstić information content (AvgIpc) is 2.90. The predicted molar refractivity (Wildman–Crippen MR) is 89.7 cm³/mol. The molecule has 1 atom stereocenters. The van der Waals surface area contributed by atoms with Crippen LogP contribution in [-0.4, -0.2) is 49.1 Å². The van der Waals surface area contributed by atoms with Gasteiger partial charge in [0.1, 0.15) is 0 Å². The molecule has 2 fully saturated rings. The zero-order chi connectivity index (χ0) is 14.7. The van der Waals surface area contributed by atoms with E-state index in [9.17, 15) is 0 Å². The van der Waals surface area contributed by atoms with Gasteiger partial charge in [0.2, 0.25) is 0 Å². The van der Waals surface area contributed by atoms with Crippen LogP contribution in [0.5, 0.6) is 0 Å². The molecule has 0 N–H and O–H groups in total. The maximum absolute atomic E-state index is 2.64. The molecular formula is C19H30N2. The lowest BCUT2D eigenvalue weighted by atomic mass is 9.75. The predicted octanol–water partition coefficient (Wildman–Crippen LogP) is 3.60. The van der Waals surface area contributed by atoms with E-state index in [4.69, 9.17) is 0 Å². The van der Waals surface area contributed by atoms with E-state index in [0.29, 0.717) is 0 Å². The Kier molecular flexibility index (Phi) is 4.97. The molecule has 1 aliphatic heterocycles. The van der Waals surface area contributed by atoms with Crippen molar-refractivity contribution < 1.29 is 0 Å². The van der Waals surface area contributed by atoms with E-state index in [2.05, 4.69) is 54.1 Å². The van der Waals surface area contributed by atoms with Crippen LogP contribution in [0.1, 0.15) is 44.1 Å². The quantitative estimate of drug-likeness (QED) is 0.788. The van der Waals surface area contributed by atoms with Gasteiger partial charge in [-0.2, -0.15) is 0 Å². The van der Waals surface area contributed by atoms with E-state index >= 15 is 0 Å². The maximum atomic E-state index is 2.64. The van der Waals surface area contributed by atoms with Gasteiger partial charge in [0, 0.05) is 19.1 Å². The number of hydrogen-bond donors (Lipinski definition) is 0. The van der Waals surface area contributed by atoms with Crippen molar-refractivity contribution in [1.82, 2.24) is 9.80 Å². The molecule has 21 heavy (non-hydrogen) atoms. The van der Waals surface area contributed by atoms with Crippen LogP contribution in [0.4, 0.5) is 0 Å². The van der Waals surface area contributed by atoms with Crippen LogP contribution in [0.2, 0.25) is 0 Å². The lowest BCUT2D eigenvalue weighted by molar-refractivity contribution is 0.112. The first-order valence-corrected chi connectivity index (χ1v) is 8.70. The monoisotopic (exact) mass is 286 g/mol. The van der Waals surface area contributed by atoms with E-state index in [0.717, 1.165) is 17.9 Å². The van der Waals surface area contributed by atoms with E-state index in [1.807, 2.05) is 0 Å². The second-order valence-corrected chi connectivity index (χ2v) is 7.29. The summed E-state index contributed by atoms with van der Waals surface area (Å²) in [5.74, 6) is 1.59. The van der Waals surface area contributed by atoms with Crippen molar-refractivity contribution in [2.75, 3.05) is 33.2 Å². The summed E-state index contributed by atoms with van der Waals surface area (Å²) in [5, 5.41) is 0. The summed E-state index contributed by atoms with van der Waals surface area (Å²) in [6.45, 7) is 7.62. The van der Waals surface area contributed by atoms with Crippen LogP contribution in [0.15, 0.2) is 30.3 Å². The fourth-order valence-electron chi connectivity index (χ4n) is 4.05. The molecule has 1 heterocycles. The van der Waals surface area contributed by atoms with Gasteiger partial charge in [0.05, 0.1) is 0 Å². The second kappa shape index (κ2) is 6.93. The number of nitrogens with zero attached hydrogens (tertiary/aromatic N) is 2. The van der Waals surface area contributed by atoms with Gasteiger partial charge in [-0.1, -0.05) is 37.3 Å². The Morgan fingerprint density at radius 2 is 1.81 bits per heavy atom. The summed E-state index contributed by atoms with van der Waals surface area (Å²) in [6, 6.07) is 11.8. The smallest absolute Gasteiger partial charge is 0.0104 e. The summed E-state index contributed by atoms with van der Waals surface area (Å²) in [7, 11) is 2.33. The van der Waals surface area contributed by atoms with Crippen LogP contribution < -0.4 is 0 Å². The van der Waals surface area contributed by atoms with Crippen molar-refractivity contribution in [3.8, 4) is 0 Å². The third-order valence-electron chi connectivity index (χ3n) is 5.38. The maximum Gasteiger partial charge on any atom is 0.0104 e. The minimum Gasteiger partial charge on any atom is -0.303 e. The molecule has 2 heteroatoms. The van der Waals surface area contributed by atoms with E-state index < -0.39 is 0 Å². The molecule has 1 saturated carbocycles. The highest BCUT2D eigenvalue weighted by atomic mass is 15.2. The van der Waals surface area contributed by atoms with Crippen LogP contribution in [0, 0.1) is 5.92 Å². The molecule has 0 spiro atoms. The zero-order valence-electron chi connectivity index (χ0n) is 13.7. The van der Waals surface area contributed by atoms with E-state index in [1.54, 1.807) is 0 Å². The first-order chi connectivity index (χ1) is 10.2. The largest absolute Gasteiger partial charge is 0.303 e. The molecule has 0 aromatic heterocycles. The molecule has 0 radical (unpaired) electrons. The third kappa shape index (κ3) is 3.87. The highest BCUT2D eigenvalue weighted by molar-refractivity contribution is 5.22. The Bertz CT molecular complexity index is 418. The normalized spacial score (nSPS) is 27.8. The lowest BCUT2D eigenvalue weighted by Gasteiger charge is -2.42. The van der Waals surface area contributed by atoms with Gasteiger partial charge in [0.25, 0.3) is 0 Å². The van der Waals surface area contributed by atoms with Crippen molar-refractivity contribution >= 4 is 0 Å². The first kappa shape index (κ1) is 15.1. The van der Waals surface area contributed by atoms with Crippen LogP contribution in [-0.2, 0) is 0 Å². The Morgan fingerprint density at radius 1 is 1.14 bits per heavy atom. The molecule has 1 aromatic rings. The van der Waals surface area contributed by atoms with Crippen LogP contribution in [0.3, 0.4) is 0 Å². The summed E-state index contributed by atoms with van der Waals surface area (Å²) in [5.41, 5.74) is 1.53. The molecular weight excluding hydrogens is 256 g/mol. The highest BCUT2D eigenvalue weighted by Crippen LogP contribution is 2.39. The van der Waals surface area contributed by atoms with E-state index in [1.165, 1.54) is 57.4 Å². The topological polar surface area (TPSA) is 6.48 Å². The van der Waals surface area contributed by atoms with Gasteiger partial charge in [-0.05, 0) is 63.2 Å². The third-order valence-corrected chi connectivity index (χ3v) is 5.38. The van der Waals surface area contributed by atoms with Crippen molar-refractivity contribution in [2.45, 2.75) is 44.6 Å². The minimum atomic E-state index is 0.795.